The summed E-state index contributed by atoms with van der Waals surface area (Å²) in [6, 6.07) is 11.1. The average molecular weight is 476 g/mol. The van der Waals surface area contributed by atoms with Gasteiger partial charge < -0.3 is 15.4 Å². The molecule has 1 atom stereocenters. The standard InChI is InChI=1S/C20H36N4O.HI/c1-7-21-19(23-16-20(3,4)25-6)22-14-13-17(2)24(5)15-18-11-9-8-10-12-18;/h8-12,17H,7,13-16H2,1-6H3,(H2,21,22,23);1H. The van der Waals surface area contributed by atoms with Gasteiger partial charge in [-0.15, -0.1) is 24.0 Å². The molecular weight excluding hydrogens is 439 g/mol. The largest absolute Gasteiger partial charge is 0.377 e. The third-order valence-corrected chi connectivity index (χ3v) is 4.40. The summed E-state index contributed by atoms with van der Waals surface area (Å²) in [6.07, 6.45) is 1.06. The summed E-state index contributed by atoms with van der Waals surface area (Å²) < 4.78 is 5.43. The van der Waals surface area contributed by atoms with Gasteiger partial charge in [-0.3, -0.25) is 9.89 Å². The fourth-order valence-corrected chi connectivity index (χ4v) is 2.32. The number of guanidine groups is 1. The van der Waals surface area contributed by atoms with Gasteiger partial charge in [0.15, 0.2) is 5.96 Å². The number of hydrogen-bond acceptors (Lipinski definition) is 3. The average Bonchev–Trinajstić information content (AvgIpc) is 2.60. The van der Waals surface area contributed by atoms with E-state index in [0.717, 1.165) is 32.0 Å². The van der Waals surface area contributed by atoms with E-state index in [9.17, 15) is 0 Å². The number of hydrogen-bond donors (Lipinski definition) is 2. The SMILES string of the molecule is CCNC(=NCC(C)(C)OC)NCCC(C)N(C)Cc1ccccc1.I. The van der Waals surface area contributed by atoms with E-state index in [4.69, 9.17) is 4.74 Å². The van der Waals surface area contributed by atoms with Gasteiger partial charge in [0.25, 0.3) is 0 Å². The van der Waals surface area contributed by atoms with Crippen molar-refractivity contribution in [2.24, 2.45) is 4.99 Å². The van der Waals surface area contributed by atoms with Crippen LogP contribution in [0.4, 0.5) is 0 Å². The number of rotatable bonds is 10. The van der Waals surface area contributed by atoms with E-state index in [-0.39, 0.29) is 29.6 Å². The van der Waals surface area contributed by atoms with E-state index in [0.29, 0.717) is 12.6 Å². The number of benzene rings is 1. The first-order chi connectivity index (χ1) is 11.9. The van der Waals surface area contributed by atoms with Crippen molar-refractivity contribution in [2.45, 2.75) is 52.3 Å². The smallest absolute Gasteiger partial charge is 0.191 e. The molecular formula is C20H37IN4O. The normalized spacial score (nSPS) is 13.3. The Balaban J connectivity index is 0.00000625. The number of nitrogens with zero attached hydrogens (tertiary/aromatic N) is 2. The minimum atomic E-state index is -0.244. The van der Waals surface area contributed by atoms with Gasteiger partial charge in [-0.05, 0) is 46.7 Å². The molecule has 0 heterocycles. The molecule has 0 aliphatic heterocycles. The summed E-state index contributed by atoms with van der Waals surface area (Å²) in [4.78, 5) is 7.01. The molecule has 0 aliphatic carbocycles. The summed E-state index contributed by atoms with van der Waals surface area (Å²) in [7, 11) is 3.90. The minimum Gasteiger partial charge on any atom is -0.377 e. The molecule has 0 amide bonds. The van der Waals surface area contributed by atoms with E-state index in [1.807, 2.05) is 13.8 Å². The van der Waals surface area contributed by atoms with Crippen LogP contribution in [-0.2, 0) is 11.3 Å². The first-order valence-corrected chi connectivity index (χ1v) is 9.19. The summed E-state index contributed by atoms with van der Waals surface area (Å²) in [6.45, 7) is 11.8. The Hall–Kier alpha value is -0.860. The number of halogens is 1. The fourth-order valence-electron chi connectivity index (χ4n) is 2.32. The van der Waals surface area contributed by atoms with Crippen LogP contribution >= 0.6 is 24.0 Å². The van der Waals surface area contributed by atoms with Crippen LogP contribution in [0.2, 0.25) is 0 Å². The first-order valence-electron chi connectivity index (χ1n) is 9.19. The predicted octanol–water partition coefficient (Wildman–Crippen LogP) is 3.50. The zero-order chi connectivity index (χ0) is 18.7. The molecule has 6 heteroatoms. The van der Waals surface area contributed by atoms with Gasteiger partial charge in [0.2, 0.25) is 0 Å². The second-order valence-electron chi connectivity index (χ2n) is 7.12. The first kappa shape index (κ1) is 25.1. The Morgan fingerprint density at radius 1 is 1.23 bits per heavy atom. The third-order valence-electron chi connectivity index (χ3n) is 4.40. The maximum atomic E-state index is 5.43. The Kier molecular flexibility index (Phi) is 12.9. The summed E-state index contributed by atoms with van der Waals surface area (Å²) >= 11 is 0. The van der Waals surface area contributed by atoms with Crippen molar-refractivity contribution in [3.8, 4) is 0 Å². The fraction of sp³-hybridized carbons (Fsp3) is 0.650. The van der Waals surface area contributed by atoms with Crippen LogP contribution in [0.1, 0.15) is 39.7 Å². The van der Waals surface area contributed by atoms with Crippen LogP contribution in [0.25, 0.3) is 0 Å². The highest BCUT2D eigenvalue weighted by molar-refractivity contribution is 14.0. The monoisotopic (exact) mass is 476 g/mol. The van der Waals surface area contributed by atoms with Gasteiger partial charge in [-0.2, -0.15) is 0 Å². The highest BCUT2D eigenvalue weighted by atomic mass is 127. The minimum absolute atomic E-state index is 0. The second kappa shape index (κ2) is 13.3. The van der Waals surface area contributed by atoms with Crippen molar-refractivity contribution in [3.63, 3.8) is 0 Å². The number of nitrogens with one attached hydrogen (secondary N) is 2. The predicted molar refractivity (Wildman–Crippen MR) is 122 cm³/mol. The van der Waals surface area contributed by atoms with Gasteiger partial charge in [0.05, 0.1) is 12.1 Å². The molecule has 1 aromatic carbocycles. The molecule has 0 aromatic heterocycles. The Bertz CT molecular complexity index is 508. The van der Waals surface area contributed by atoms with Crippen molar-refractivity contribution < 1.29 is 4.74 Å². The summed E-state index contributed by atoms with van der Waals surface area (Å²) in [5, 5.41) is 6.72. The second-order valence-corrected chi connectivity index (χ2v) is 7.12. The van der Waals surface area contributed by atoms with Gasteiger partial charge in [-0.1, -0.05) is 30.3 Å². The van der Waals surface area contributed by atoms with Crippen LogP contribution in [-0.4, -0.2) is 56.3 Å². The molecule has 150 valence electrons. The maximum absolute atomic E-state index is 5.43. The van der Waals surface area contributed by atoms with E-state index >= 15 is 0 Å². The van der Waals surface area contributed by atoms with E-state index in [1.54, 1.807) is 7.11 Å². The molecule has 26 heavy (non-hydrogen) atoms. The highest BCUT2D eigenvalue weighted by Crippen LogP contribution is 2.08. The molecule has 0 saturated carbocycles. The Morgan fingerprint density at radius 2 is 1.88 bits per heavy atom. The van der Waals surface area contributed by atoms with Crippen molar-refractivity contribution in [1.82, 2.24) is 15.5 Å². The lowest BCUT2D eigenvalue weighted by atomic mass is 10.1. The molecule has 0 saturated heterocycles. The lowest BCUT2D eigenvalue weighted by molar-refractivity contribution is 0.0310. The van der Waals surface area contributed by atoms with Crippen LogP contribution in [0.15, 0.2) is 35.3 Å². The lowest BCUT2D eigenvalue weighted by Crippen LogP contribution is -2.41. The maximum Gasteiger partial charge on any atom is 0.191 e. The van der Waals surface area contributed by atoms with Crippen LogP contribution in [0.5, 0.6) is 0 Å². The Labute approximate surface area is 177 Å². The molecule has 0 aliphatic rings. The lowest BCUT2D eigenvalue weighted by Gasteiger charge is -2.25. The zero-order valence-electron chi connectivity index (χ0n) is 17.2. The van der Waals surface area contributed by atoms with Crippen LogP contribution in [0.3, 0.4) is 0 Å². The summed E-state index contributed by atoms with van der Waals surface area (Å²) in [5.74, 6) is 0.852. The molecule has 5 nitrogen and oxygen atoms in total. The molecule has 0 bridgehead atoms. The molecule has 0 fully saturated rings. The molecule has 1 unspecified atom stereocenters. The number of aliphatic imine (C=N–C) groups is 1. The van der Waals surface area contributed by atoms with Gasteiger partial charge in [-0.25, -0.2) is 0 Å². The topological polar surface area (TPSA) is 48.9 Å². The van der Waals surface area contributed by atoms with Gasteiger partial charge in [0.1, 0.15) is 0 Å². The van der Waals surface area contributed by atoms with Crippen molar-refractivity contribution >= 4 is 29.9 Å². The number of methoxy groups -OCH3 is 1. The van der Waals surface area contributed by atoms with Crippen LogP contribution in [0, 0.1) is 0 Å². The molecule has 0 spiro atoms. The van der Waals surface area contributed by atoms with Crippen LogP contribution < -0.4 is 10.6 Å². The van der Waals surface area contributed by atoms with Gasteiger partial charge >= 0.3 is 0 Å². The Morgan fingerprint density at radius 3 is 2.46 bits per heavy atom. The third kappa shape index (κ3) is 10.3. The molecule has 1 rings (SSSR count). The molecule has 1 aromatic rings. The van der Waals surface area contributed by atoms with E-state index in [2.05, 4.69) is 71.8 Å². The molecule has 0 radical (unpaired) electrons. The summed E-state index contributed by atoms with van der Waals surface area (Å²) in [5.41, 5.74) is 1.10. The number of ether oxygens (including phenoxy) is 1. The van der Waals surface area contributed by atoms with Crippen molar-refractivity contribution in [1.29, 1.82) is 0 Å². The van der Waals surface area contributed by atoms with E-state index < -0.39 is 0 Å². The quantitative estimate of drug-likeness (QED) is 0.309. The highest BCUT2D eigenvalue weighted by Gasteiger charge is 2.16. The van der Waals surface area contributed by atoms with Gasteiger partial charge in [0, 0.05) is 32.8 Å². The van der Waals surface area contributed by atoms with Crippen molar-refractivity contribution in [3.05, 3.63) is 35.9 Å². The molecule has 2 N–H and O–H groups in total. The zero-order valence-corrected chi connectivity index (χ0v) is 19.5. The van der Waals surface area contributed by atoms with Crippen molar-refractivity contribution in [2.75, 3.05) is 33.8 Å². The van der Waals surface area contributed by atoms with E-state index in [1.165, 1.54) is 5.56 Å².